The number of methoxy groups -OCH3 is 1. The van der Waals surface area contributed by atoms with Crippen molar-refractivity contribution in [3.8, 4) is 22.7 Å². The van der Waals surface area contributed by atoms with Crippen LogP contribution in [0.15, 0.2) is 239 Å². The first-order chi connectivity index (χ1) is 72.9. The molecular weight excluding hydrogens is 1930 g/mol. The number of rotatable bonds is 32. The first-order valence-corrected chi connectivity index (χ1v) is 51.1. The molecule has 40 heteroatoms. The van der Waals surface area contributed by atoms with Crippen molar-refractivity contribution in [1.29, 1.82) is 0 Å². The number of amides is 4. The number of nitrogens with zero attached hydrogens (tertiary/aromatic N) is 13. The molecule has 1 aliphatic heterocycles. The Morgan fingerprint density at radius 2 is 0.633 bits per heavy atom. The highest BCUT2D eigenvalue weighted by Gasteiger charge is 2.28. The Bertz CT molecular complexity index is 8150. The molecule has 4 aliphatic carbocycles. The van der Waals surface area contributed by atoms with Crippen LogP contribution in [-0.2, 0) is 116 Å². The number of aliphatic hydroxyl groups excluding tert-OH is 1. The quantitative estimate of drug-likeness (QED) is 0.0175. The summed E-state index contributed by atoms with van der Waals surface area (Å²) in [7, 11) is 3.72. The predicted octanol–water partition coefficient (Wildman–Crippen LogP) is 11.9. The van der Waals surface area contributed by atoms with Crippen molar-refractivity contribution in [3.05, 3.63) is 349 Å². The van der Waals surface area contributed by atoms with Crippen LogP contribution in [0.1, 0.15) is 134 Å². The van der Waals surface area contributed by atoms with E-state index in [1.54, 1.807) is 25.4 Å². The Kier molecular flexibility index (Phi) is 32.9. The molecule has 0 spiro atoms. The summed E-state index contributed by atoms with van der Waals surface area (Å²) >= 11 is 0. The van der Waals surface area contributed by atoms with Crippen LogP contribution in [0.4, 0.5) is 46.5 Å². The van der Waals surface area contributed by atoms with Crippen LogP contribution in [0.25, 0.3) is 66.9 Å². The van der Waals surface area contributed by atoms with Crippen molar-refractivity contribution in [1.82, 2.24) is 89.7 Å². The van der Waals surface area contributed by atoms with Crippen molar-refractivity contribution in [3.63, 3.8) is 0 Å². The average molecular weight is 2050 g/mol. The molecular formula is C110H112N22O17S. The van der Waals surface area contributed by atoms with Crippen LogP contribution in [-0.4, -0.2) is 195 Å². The number of pyridine rings is 4. The van der Waals surface area contributed by atoms with E-state index in [2.05, 4.69) is 148 Å². The minimum atomic E-state index is -3.23. The van der Waals surface area contributed by atoms with E-state index < -0.39 is 55.4 Å². The van der Waals surface area contributed by atoms with Gasteiger partial charge in [-0.1, -0.05) is 72.8 Å². The Labute approximate surface area is 861 Å². The highest BCUT2D eigenvalue weighted by molar-refractivity contribution is 7.88. The zero-order valence-electron chi connectivity index (χ0n) is 83.5. The molecule has 1 fully saturated rings. The van der Waals surface area contributed by atoms with Crippen molar-refractivity contribution in [2.45, 2.75) is 103 Å². The lowest BCUT2D eigenvalue weighted by Crippen LogP contribution is -2.37. The smallest absolute Gasteiger partial charge is 0.280 e. The molecule has 16 aromatic rings. The summed E-state index contributed by atoms with van der Waals surface area (Å²) in [6.45, 7) is 5.63. The molecule has 10 N–H and O–H groups in total. The lowest BCUT2D eigenvalue weighted by atomic mass is 10.1. The van der Waals surface area contributed by atoms with E-state index in [0.717, 1.165) is 191 Å². The Morgan fingerprint density at radius 1 is 0.360 bits per heavy atom. The van der Waals surface area contributed by atoms with Gasteiger partial charge in [0.05, 0.1) is 76.1 Å². The molecule has 0 saturated carbocycles. The maximum Gasteiger partial charge on any atom is 0.280 e. The SMILES string of the molecule is COCCc1ccc(Nc2ncc3c(=O)c(C(=O)NOC)cn(-c4ccc5c(c4)CCC5)c3n2)cc1.CONC(=O)c1cn(-c2ccc3c(c2)CCC3)c2nc(Nc3ccc(CCN4CCOCC4)cc3)ncc2c1=O.CONC(=O)c1cn(-c2ccc3c(c2)CCC3)c2nc(Nc3ccc(CCNS(C)(=O)=O)cc3)ncc2c1=O.CONC(=O)c1cn(-c2ccc3c(c2)CCC3)c2nc(Nc3ccc(CCO)cc3)ncc2c1=O. The zero-order valence-corrected chi connectivity index (χ0v) is 84.3. The number of hydrogen-bond acceptors (Lipinski definition) is 30. The number of aromatic nitrogens is 12. The summed E-state index contributed by atoms with van der Waals surface area (Å²) in [6, 6.07) is 55.8. The van der Waals surface area contributed by atoms with E-state index >= 15 is 0 Å². The standard InChI is InChI=1S/C30H32N6O4.C27H28N6O5S.C27H27N5O4.C26H25N5O4/c1-39-34-29(38)26-19-36(24-10-7-21-3-2-4-22(21)17-24)28-25(27(26)37)18-31-30(33-28)32-23-8-5-20(6-9-23)11-12-35-13-15-40-16-14-35;1-38-32-26(35)23-16-33(21-11-8-18-4-3-5-19(18)14-21)25-22(24(23)34)15-28-27(31-25)30-20-9-6-17(7-10-20)12-13-29-39(2,36)37;1-35-13-12-17-6-9-20(10-7-17)29-27-28-15-22-24(33)23(26(34)31-36-2)16-32(25(22)30-27)21-11-8-18-4-3-5-19(18)14-21;1-35-30-25(34)22-15-31(20-10-7-17-3-2-4-18(17)13-20)24-21(23(22)33)14-27-26(29-24)28-19-8-5-16(6-9-19)11-12-32/h5-10,17-19H,2-4,11-16H2,1H3,(H,34,38)(H,31,32,33);6-11,14-16,29H,3-5,12-13H2,1-2H3,(H,32,35)(H,28,30,31);6-11,14-16H,3-5,12-13H2,1-2H3,(H,31,34)(H,28,29,30);5-10,13-15,32H,2-4,11-12H2,1H3,(H,30,34)(H,27,28,29). The number of carbonyl (C=O) groups excluding carboxylic acids is 4. The summed E-state index contributed by atoms with van der Waals surface area (Å²) in [5.74, 6) is -1.26. The Hall–Kier alpha value is -16.4. The summed E-state index contributed by atoms with van der Waals surface area (Å²) in [6.07, 6.45) is 28.4. The fourth-order valence-electron chi connectivity index (χ4n) is 18.9. The third-order valence-electron chi connectivity index (χ3n) is 26.6. The molecule has 9 heterocycles. The van der Waals surface area contributed by atoms with E-state index in [4.69, 9.17) is 38.9 Å². The number of morpholine rings is 1. The van der Waals surface area contributed by atoms with Gasteiger partial charge in [0, 0.05) is 135 Å². The van der Waals surface area contributed by atoms with Gasteiger partial charge in [-0.05, 0) is 267 Å². The summed E-state index contributed by atoms with van der Waals surface area (Å²) in [5, 5.41) is 22.8. The number of carbonyl (C=O) groups is 4. The van der Waals surface area contributed by atoms with Gasteiger partial charge in [-0.2, -0.15) is 19.9 Å². The number of anilines is 8. The van der Waals surface area contributed by atoms with E-state index in [9.17, 15) is 46.8 Å². The molecule has 21 rings (SSSR count). The lowest BCUT2D eigenvalue weighted by molar-refractivity contribution is 0.0384. The van der Waals surface area contributed by atoms with E-state index in [-0.39, 0.29) is 56.4 Å². The molecule has 39 nitrogen and oxygen atoms in total. The largest absolute Gasteiger partial charge is 0.396 e. The number of aliphatic hydroxyl groups is 1. The molecule has 1 saturated heterocycles. The molecule has 0 radical (unpaired) electrons. The number of nitrogens with one attached hydrogen (secondary N) is 9. The molecule has 770 valence electrons. The lowest BCUT2D eigenvalue weighted by Gasteiger charge is -2.26. The fourth-order valence-corrected chi connectivity index (χ4v) is 19.4. The van der Waals surface area contributed by atoms with Crippen molar-refractivity contribution < 1.29 is 61.5 Å². The van der Waals surface area contributed by atoms with Crippen molar-refractivity contribution >= 4 is 124 Å². The van der Waals surface area contributed by atoms with Crippen LogP contribution in [0, 0.1) is 0 Å². The van der Waals surface area contributed by atoms with Crippen LogP contribution in [0.3, 0.4) is 0 Å². The highest BCUT2D eigenvalue weighted by atomic mass is 32.2. The second kappa shape index (κ2) is 47.6. The number of benzene rings is 8. The van der Waals surface area contributed by atoms with E-state index in [1.807, 2.05) is 109 Å². The molecule has 5 aliphatic rings. The first-order valence-electron chi connectivity index (χ1n) is 49.2. The van der Waals surface area contributed by atoms with Gasteiger partial charge in [0.15, 0.2) is 22.6 Å². The third kappa shape index (κ3) is 24.5. The third-order valence-corrected chi connectivity index (χ3v) is 27.3. The second-order valence-electron chi connectivity index (χ2n) is 36.6. The number of hydroxylamine groups is 4. The van der Waals surface area contributed by atoms with Crippen LogP contribution in [0.5, 0.6) is 0 Å². The number of fused-ring (bicyclic) bond motifs is 8. The molecule has 8 aromatic carbocycles. The summed E-state index contributed by atoms with van der Waals surface area (Å²) in [5.41, 5.74) is 29.4. The molecule has 8 aromatic heterocycles. The highest BCUT2D eigenvalue weighted by Crippen LogP contribution is 2.34. The van der Waals surface area contributed by atoms with Gasteiger partial charge in [-0.15, -0.1) is 0 Å². The minimum Gasteiger partial charge on any atom is -0.396 e. The van der Waals surface area contributed by atoms with Crippen molar-refractivity contribution in [2.75, 3.05) is 116 Å². The minimum absolute atomic E-state index is 0.0492. The van der Waals surface area contributed by atoms with Gasteiger partial charge in [0.1, 0.15) is 22.3 Å². The van der Waals surface area contributed by atoms with E-state index in [1.165, 1.54) is 128 Å². The van der Waals surface area contributed by atoms with Gasteiger partial charge in [-0.25, -0.2) is 55.0 Å². The molecule has 4 amide bonds. The molecule has 0 atom stereocenters. The van der Waals surface area contributed by atoms with Gasteiger partial charge >= 0.3 is 0 Å². The maximum absolute atomic E-state index is 13.3. The number of ether oxygens (including phenoxy) is 2. The summed E-state index contributed by atoms with van der Waals surface area (Å²) in [4.78, 5) is 161. The average Bonchev–Trinajstić information content (AvgIpc) is 1.06. The summed E-state index contributed by atoms with van der Waals surface area (Å²) < 4.78 is 42.6. The Morgan fingerprint density at radius 3 is 0.907 bits per heavy atom. The van der Waals surface area contributed by atoms with Gasteiger partial charge in [0.25, 0.3) is 23.6 Å². The second-order valence-corrected chi connectivity index (χ2v) is 38.4. The van der Waals surface area contributed by atoms with Crippen LogP contribution in [0.2, 0.25) is 0 Å². The number of aryl methyl sites for hydroxylation is 8. The van der Waals surface area contributed by atoms with E-state index in [0.29, 0.717) is 66.4 Å². The molecule has 0 unspecified atom stereocenters. The fraction of sp³-hybridized carbons (Fsp3) is 0.273. The maximum atomic E-state index is 13.3. The zero-order chi connectivity index (χ0) is 104. The molecule has 0 bridgehead atoms. The van der Waals surface area contributed by atoms with Gasteiger partial charge in [0.2, 0.25) is 55.5 Å². The number of sulfonamides is 1. The topological polar surface area (TPSA) is 481 Å². The monoisotopic (exact) mass is 2040 g/mol. The first kappa shape index (κ1) is 104. The van der Waals surface area contributed by atoms with Crippen LogP contribution < -0.4 is 69.6 Å². The Balaban J connectivity index is 0.000000131. The van der Waals surface area contributed by atoms with Crippen molar-refractivity contribution in [2.24, 2.45) is 0 Å². The van der Waals surface area contributed by atoms with Gasteiger partial charge < -0.3 is 54.1 Å². The predicted molar refractivity (Wildman–Crippen MR) is 569 cm³/mol. The molecule has 150 heavy (non-hydrogen) atoms. The van der Waals surface area contributed by atoms with Gasteiger partial charge in [-0.3, -0.25) is 62.6 Å². The normalized spacial score (nSPS) is 13.3. The number of hydrogen-bond donors (Lipinski definition) is 10. The van der Waals surface area contributed by atoms with Crippen LogP contribution >= 0.6 is 0 Å².